The van der Waals surface area contributed by atoms with Crippen molar-refractivity contribution in [3.8, 4) is 5.88 Å². The fraction of sp³-hybridized carbons (Fsp3) is 0.0833. The van der Waals surface area contributed by atoms with Crippen molar-refractivity contribution >= 4 is 29.1 Å². The van der Waals surface area contributed by atoms with Gasteiger partial charge in [-0.3, -0.25) is 0 Å². The minimum Gasteiger partial charge on any atom is -0.480 e. The number of hydrogen-bond donors (Lipinski definition) is 1. The molecule has 1 heterocycles. The van der Waals surface area contributed by atoms with Gasteiger partial charge in [0.25, 0.3) is 0 Å². The average molecular weight is 267 g/mol. The Morgan fingerprint density at radius 1 is 1.24 bits per heavy atom. The lowest BCUT2D eigenvalue weighted by atomic mass is 10.4. The van der Waals surface area contributed by atoms with Gasteiger partial charge in [-0.25, -0.2) is 4.98 Å². The second-order valence-electron chi connectivity index (χ2n) is 3.28. The Balaban J connectivity index is 2.28. The van der Waals surface area contributed by atoms with Crippen LogP contribution in [0.2, 0.25) is 5.02 Å². The molecule has 0 aliphatic carbocycles. The van der Waals surface area contributed by atoms with Crippen LogP contribution in [0.5, 0.6) is 5.88 Å². The van der Waals surface area contributed by atoms with Crippen molar-refractivity contribution in [2.75, 3.05) is 12.8 Å². The maximum Gasteiger partial charge on any atom is 0.237 e. The summed E-state index contributed by atoms with van der Waals surface area (Å²) in [5.41, 5.74) is 6.22. The lowest BCUT2D eigenvalue weighted by Gasteiger charge is -2.06. The van der Waals surface area contributed by atoms with E-state index in [1.165, 1.54) is 11.8 Å². The van der Waals surface area contributed by atoms with Crippen LogP contribution in [0.25, 0.3) is 0 Å². The van der Waals surface area contributed by atoms with Gasteiger partial charge in [0.1, 0.15) is 5.03 Å². The molecule has 2 aromatic rings. The SMILES string of the molecule is COc1nc(Sc2ccccc2Cl)ccc1N. The first-order valence-corrected chi connectivity index (χ1v) is 6.13. The molecule has 2 N–H and O–H groups in total. The Kier molecular flexibility index (Phi) is 3.76. The number of methoxy groups -OCH3 is 1. The van der Waals surface area contributed by atoms with Gasteiger partial charge in [-0.1, -0.05) is 35.5 Å². The zero-order valence-electron chi connectivity index (χ0n) is 9.18. The Morgan fingerprint density at radius 2 is 2.00 bits per heavy atom. The van der Waals surface area contributed by atoms with Gasteiger partial charge >= 0.3 is 0 Å². The van der Waals surface area contributed by atoms with E-state index >= 15 is 0 Å². The molecule has 0 fully saturated rings. The molecule has 0 aliphatic rings. The summed E-state index contributed by atoms with van der Waals surface area (Å²) in [6, 6.07) is 11.2. The minimum absolute atomic E-state index is 0.432. The maximum atomic E-state index is 6.07. The molecule has 0 atom stereocenters. The van der Waals surface area contributed by atoms with Crippen molar-refractivity contribution in [2.45, 2.75) is 9.92 Å². The molecule has 1 aromatic heterocycles. The number of nitrogens with zero attached hydrogens (tertiary/aromatic N) is 1. The summed E-state index contributed by atoms with van der Waals surface area (Å²) in [5, 5.41) is 1.50. The average Bonchev–Trinajstić information content (AvgIpc) is 2.34. The van der Waals surface area contributed by atoms with Crippen LogP contribution in [0.1, 0.15) is 0 Å². The Morgan fingerprint density at radius 3 is 2.71 bits per heavy atom. The molecule has 0 unspecified atom stereocenters. The van der Waals surface area contributed by atoms with Crippen molar-refractivity contribution in [1.82, 2.24) is 4.98 Å². The summed E-state index contributed by atoms with van der Waals surface area (Å²) in [5.74, 6) is 0.432. The zero-order valence-corrected chi connectivity index (χ0v) is 10.8. The molecule has 3 nitrogen and oxygen atoms in total. The van der Waals surface area contributed by atoms with Gasteiger partial charge in [-0.15, -0.1) is 0 Å². The van der Waals surface area contributed by atoms with Crippen molar-refractivity contribution in [3.63, 3.8) is 0 Å². The zero-order chi connectivity index (χ0) is 12.3. The van der Waals surface area contributed by atoms with E-state index in [1.807, 2.05) is 30.3 Å². The van der Waals surface area contributed by atoms with Crippen LogP contribution in [-0.4, -0.2) is 12.1 Å². The van der Waals surface area contributed by atoms with E-state index in [-0.39, 0.29) is 0 Å². The maximum absolute atomic E-state index is 6.07. The number of benzene rings is 1. The van der Waals surface area contributed by atoms with Crippen molar-refractivity contribution in [3.05, 3.63) is 41.4 Å². The third-order valence-corrected chi connectivity index (χ3v) is 3.56. The van der Waals surface area contributed by atoms with Crippen LogP contribution < -0.4 is 10.5 Å². The molecule has 5 heteroatoms. The lowest BCUT2D eigenvalue weighted by Crippen LogP contribution is -1.95. The van der Waals surface area contributed by atoms with E-state index < -0.39 is 0 Å². The third-order valence-electron chi connectivity index (χ3n) is 2.11. The number of anilines is 1. The van der Waals surface area contributed by atoms with E-state index in [2.05, 4.69) is 4.98 Å². The van der Waals surface area contributed by atoms with E-state index in [9.17, 15) is 0 Å². The van der Waals surface area contributed by atoms with Crippen molar-refractivity contribution in [1.29, 1.82) is 0 Å². The number of pyridine rings is 1. The first-order valence-electron chi connectivity index (χ1n) is 4.93. The molecule has 88 valence electrons. The number of halogens is 1. The largest absolute Gasteiger partial charge is 0.480 e. The smallest absolute Gasteiger partial charge is 0.237 e. The van der Waals surface area contributed by atoms with Crippen molar-refractivity contribution < 1.29 is 4.74 Å². The number of ether oxygens (including phenoxy) is 1. The van der Waals surface area contributed by atoms with E-state index in [0.29, 0.717) is 16.6 Å². The molecule has 0 saturated heterocycles. The molecule has 0 bridgehead atoms. The third kappa shape index (κ3) is 2.84. The van der Waals surface area contributed by atoms with Gasteiger partial charge in [0.15, 0.2) is 0 Å². The molecule has 1 aromatic carbocycles. The second kappa shape index (κ2) is 5.29. The summed E-state index contributed by atoms with van der Waals surface area (Å²) in [6.45, 7) is 0. The molecule has 0 aliphatic heterocycles. The van der Waals surface area contributed by atoms with E-state index in [4.69, 9.17) is 22.1 Å². The standard InChI is InChI=1S/C12H11ClN2OS/c1-16-12-9(14)6-7-11(15-12)17-10-5-3-2-4-8(10)13/h2-7H,14H2,1H3. The Labute approximate surface area is 109 Å². The predicted molar refractivity (Wildman–Crippen MR) is 70.8 cm³/mol. The highest BCUT2D eigenvalue weighted by Gasteiger charge is 2.06. The van der Waals surface area contributed by atoms with Crippen LogP contribution in [-0.2, 0) is 0 Å². The van der Waals surface area contributed by atoms with E-state index in [1.54, 1.807) is 13.2 Å². The molecular weight excluding hydrogens is 256 g/mol. The lowest BCUT2D eigenvalue weighted by molar-refractivity contribution is 0.397. The van der Waals surface area contributed by atoms with Crippen LogP contribution in [0.4, 0.5) is 5.69 Å². The van der Waals surface area contributed by atoms with Crippen LogP contribution >= 0.6 is 23.4 Å². The Bertz CT molecular complexity index is 534. The highest BCUT2D eigenvalue weighted by atomic mass is 35.5. The summed E-state index contributed by atoms with van der Waals surface area (Å²) >= 11 is 7.55. The van der Waals surface area contributed by atoms with E-state index in [0.717, 1.165) is 9.92 Å². The number of rotatable bonds is 3. The summed E-state index contributed by atoms with van der Waals surface area (Å²) in [7, 11) is 1.54. The predicted octanol–water partition coefficient (Wildman–Crippen LogP) is 3.48. The molecule has 0 radical (unpaired) electrons. The molecule has 0 spiro atoms. The van der Waals surface area contributed by atoms with Crippen molar-refractivity contribution in [2.24, 2.45) is 0 Å². The second-order valence-corrected chi connectivity index (χ2v) is 4.75. The minimum atomic E-state index is 0.432. The molecule has 0 saturated carbocycles. The number of aromatic nitrogens is 1. The van der Waals surface area contributed by atoms with Gasteiger partial charge < -0.3 is 10.5 Å². The van der Waals surface area contributed by atoms with Crippen LogP contribution in [0.3, 0.4) is 0 Å². The summed E-state index contributed by atoms with van der Waals surface area (Å²) in [6.07, 6.45) is 0. The number of nitrogens with two attached hydrogens (primary N) is 1. The van der Waals surface area contributed by atoms with Gasteiger partial charge in [-0.2, -0.15) is 0 Å². The number of nitrogen functional groups attached to an aromatic ring is 1. The topological polar surface area (TPSA) is 48.1 Å². The number of hydrogen-bond acceptors (Lipinski definition) is 4. The van der Waals surface area contributed by atoms with Gasteiger partial charge in [0.05, 0.1) is 17.8 Å². The first-order chi connectivity index (χ1) is 8.20. The van der Waals surface area contributed by atoms with Crippen LogP contribution in [0, 0.1) is 0 Å². The highest BCUT2D eigenvalue weighted by molar-refractivity contribution is 7.99. The van der Waals surface area contributed by atoms with Gasteiger partial charge in [0.2, 0.25) is 5.88 Å². The monoisotopic (exact) mass is 266 g/mol. The van der Waals surface area contributed by atoms with Gasteiger partial charge in [0, 0.05) is 4.90 Å². The molecular formula is C12H11ClN2OS. The summed E-state index contributed by atoms with van der Waals surface area (Å²) < 4.78 is 5.07. The van der Waals surface area contributed by atoms with Crippen LogP contribution in [0.15, 0.2) is 46.3 Å². The van der Waals surface area contributed by atoms with Gasteiger partial charge in [-0.05, 0) is 24.3 Å². The normalized spacial score (nSPS) is 10.2. The highest BCUT2D eigenvalue weighted by Crippen LogP contribution is 2.33. The fourth-order valence-electron chi connectivity index (χ4n) is 1.29. The molecule has 17 heavy (non-hydrogen) atoms. The molecule has 0 amide bonds. The first kappa shape index (κ1) is 12.1. The Hall–Kier alpha value is -1.39. The quantitative estimate of drug-likeness (QED) is 0.924. The molecule has 2 rings (SSSR count). The summed E-state index contributed by atoms with van der Waals surface area (Å²) in [4.78, 5) is 5.24. The fourth-order valence-corrected chi connectivity index (χ4v) is 2.35.